The third-order valence-corrected chi connectivity index (χ3v) is 3.65. The van der Waals surface area contributed by atoms with Gasteiger partial charge in [0.15, 0.2) is 5.76 Å². The Bertz CT molecular complexity index is 991. The van der Waals surface area contributed by atoms with Gasteiger partial charge in [0.25, 0.3) is 0 Å². The molecule has 0 saturated carbocycles. The van der Waals surface area contributed by atoms with E-state index in [-0.39, 0.29) is 18.1 Å². The minimum Gasteiger partial charge on any atom is -0.486 e. The number of halogens is 3. The summed E-state index contributed by atoms with van der Waals surface area (Å²) in [6.07, 6.45) is -2.06. The van der Waals surface area contributed by atoms with Crippen LogP contribution in [0.4, 0.5) is 13.2 Å². The third-order valence-electron chi connectivity index (χ3n) is 3.65. The Kier molecular flexibility index (Phi) is 6.01. The second kappa shape index (κ2) is 8.63. The van der Waals surface area contributed by atoms with Gasteiger partial charge < -0.3 is 9.15 Å². The number of hydrogen-bond acceptors (Lipinski definition) is 5. The van der Waals surface area contributed by atoms with E-state index in [0.29, 0.717) is 11.5 Å². The maximum Gasteiger partial charge on any atom is 0.408 e. The lowest BCUT2D eigenvalue weighted by molar-refractivity contribution is -0.142. The van der Waals surface area contributed by atoms with Crippen molar-refractivity contribution in [2.45, 2.75) is 26.3 Å². The first-order valence-electron chi connectivity index (χ1n) is 8.50. The Morgan fingerprint density at radius 2 is 2.00 bits per heavy atom. The lowest BCUT2D eigenvalue weighted by atomic mass is 10.2. The van der Waals surface area contributed by atoms with E-state index in [1.54, 1.807) is 6.07 Å². The fourth-order valence-corrected chi connectivity index (χ4v) is 2.30. The monoisotopic (exact) mass is 406 g/mol. The number of benzene rings is 1. The van der Waals surface area contributed by atoms with E-state index in [1.165, 1.54) is 18.3 Å². The summed E-state index contributed by atoms with van der Waals surface area (Å²) in [6, 6.07) is 11.9. The smallest absolute Gasteiger partial charge is 0.408 e. The van der Waals surface area contributed by atoms with E-state index in [2.05, 4.69) is 15.6 Å². The molecule has 0 saturated heterocycles. The molecule has 0 aliphatic carbocycles. The summed E-state index contributed by atoms with van der Waals surface area (Å²) in [6.45, 7) is 0.918. The van der Waals surface area contributed by atoms with Gasteiger partial charge in [-0.3, -0.25) is 9.48 Å². The lowest BCUT2D eigenvalue weighted by Gasteiger charge is -2.04. The molecule has 0 unspecified atom stereocenters. The Morgan fingerprint density at radius 1 is 1.24 bits per heavy atom. The van der Waals surface area contributed by atoms with Gasteiger partial charge in [-0.05, 0) is 37.3 Å². The van der Waals surface area contributed by atoms with E-state index in [4.69, 9.17) is 9.15 Å². The number of nitrogens with zero attached hydrogens (tertiary/aromatic N) is 3. The highest BCUT2D eigenvalue weighted by Crippen LogP contribution is 2.17. The molecular weight excluding hydrogens is 389 g/mol. The molecule has 0 radical (unpaired) electrons. The van der Waals surface area contributed by atoms with E-state index < -0.39 is 18.6 Å². The Morgan fingerprint density at radius 3 is 2.72 bits per heavy atom. The van der Waals surface area contributed by atoms with Gasteiger partial charge in [0, 0.05) is 6.20 Å². The number of rotatable bonds is 7. The van der Waals surface area contributed by atoms with E-state index in [9.17, 15) is 18.0 Å². The molecule has 0 spiro atoms. The Balaban J connectivity index is 1.49. The van der Waals surface area contributed by atoms with Crippen LogP contribution >= 0.6 is 0 Å². The topological polar surface area (TPSA) is 81.6 Å². The molecule has 0 fully saturated rings. The van der Waals surface area contributed by atoms with Crippen LogP contribution < -0.4 is 10.2 Å². The number of furan rings is 1. The molecule has 1 amide bonds. The first kappa shape index (κ1) is 20.2. The molecule has 1 N–H and O–H groups in total. The quantitative estimate of drug-likeness (QED) is 0.479. The van der Waals surface area contributed by atoms with Crippen molar-refractivity contribution in [2.75, 3.05) is 0 Å². The van der Waals surface area contributed by atoms with Gasteiger partial charge in [-0.25, -0.2) is 5.43 Å². The van der Waals surface area contributed by atoms with Crippen LogP contribution in [0.2, 0.25) is 0 Å². The van der Waals surface area contributed by atoms with Gasteiger partial charge in [-0.2, -0.15) is 23.4 Å². The molecule has 0 aliphatic heterocycles. The van der Waals surface area contributed by atoms with Crippen molar-refractivity contribution in [3.05, 3.63) is 71.4 Å². The number of aromatic nitrogens is 2. The van der Waals surface area contributed by atoms with Crippen LogP contribution in [0.25, 0.3) is 0 Å². The van der Waals surface area contributed by atoms with Crippen molar-refractivity contribution in [1.82, 2.24) is 15.2 Å². The minimum absolute atomic E-state index is 0.0206. The zero-order valence-electron chi connectivity index (χ0n) is 15.3. The number of aryl methyl sites for hydroxylation is 1. The lowest BCUT2D eigenvalue weighted by Crippen LogP contribution is -2.18. The highest BCUT2D eigenvalue weighted by molar-refractivity contribution is 5.92. The number of amides is 1. The molecule has 2 aromatic heterocycles. The molecule has 2 heterocycles. The van der Waals surface area contributed by atoms with Crippen LogP contribution in [0, 0.1) is 6.92 Å². The summed E-state index contributed by atoms with van der Waals surface area (Å²) in [5, 5.41) is 7.35. The SMILES string of the molecule is Cc1ccc(OCc2ccc(C(=O)N/N=C/c3ccn(CC(F)(F)F)n3)o2)cc1. The summed E-state index contributed by atoms with van der Waals surface area (Å²) in [5.74, 6) is 0.531. The standard InChI is InChI=1S/C19H17F3N4O3/c1-13-2-4-15(5-3-13)28-11-16-6-7-17(29-16)18(27)24-23-10-14-8-9-26(25-14)12-19(20,21)22/h2-10H,11-12H2,1H3,(H,24,27)/b23-10+. The summed E-state index contributed by atoms with van der Waals surface area (Å²) < 4.78 is 48.6. The van der Waals surface area contributed by atoms with E-state index in [0.717, 1.165) is 16.5 Å². The van der Waals surface area contributed by atoms with Crippen molar-refractivity contribution in [1.29, 1.82) is 0 Å². The Labute approximate surface area is 163 Å². The average molecular weight is 406 g/mol. The zero-order valence-corrected chi connectivity index (χ0v) is 15.3. The number of nitrogens with one attached hydrogen (secondary N) is 1. The number of carbonyl (C=O) groups is 1. The normalized spacial score (nSPS) is 11.7. The molecule has 0 atom stereocenters. The van der Waals surface area contributed by atoms with Crippen LogP contribution in [-0.2, 0) is 13.2 Å². The molecule has 0 bridgehead atoms. The molecule has 0 aliphatic rings. The van der Waals surface area contributed by atoms with Crippen LogP contribution in [0.3, 0.4) is 0 Å². The second-order valence-corrected chi connectivity index (χ2v) is 6.12. The van der Waals surface area contributed by atoms with Gasteiger partial charge in [-0.15, -0.1) is 0 Å². The van der Waals surface area contributed by atoms with Crippen LogP contribution in [0.15, 0.2) is 58.2 Å². The average Bonchev–Trinajstić information content (AvgIpc) is 3.29. The maximum absolute atomic E-state index is 12.3. The summed E-state index contributed by atoms with van der Waals surface area (Å²) in [7, 11) is 0. The van der Waals surface area contributed by atoms with Crippen molar-refractivity contribution < 1.29 is 27.1 Å². The van der Waals surface area contributed by atoms with Gasteiger partial charge >= 0.3 is 12.1 Å². The first-order valence-corrected chi connectivity index (χ1v) is 8.50. The fraction of sp³-hybridized carbons (Fsp3) is 0.211. The molecule has 152 valence electrons. The number of hydrazone groups is 1. The van der Waals surface area contributed by atoms with Crippen molar-refractivity contribution >= 4 is 12.1 Å². The maximum atomic E-state index is 12.3. The molecule has 3 rings (SSSR count). The zero-order chi connectivity index (χ0) is 20.9. The van der Waals surface area contributed by atoms with Crippen molar-refractivity contribution in [2.24, 2.45) is 5.10 Å². The van der Waals surface area contributed by atoms with E-state index >= 15 is 0 Å². The summed E-state index contributed by atoms with van der Waals surface area (Å²) >= 11 is 0. The van der Waals surface area contributed by atoms with Crippen molar-refractivity contribution in [3.8, 4) is 5.75 Å². The predicted octanol–water partition coefficient (Wildman–Crippen LogP) is 3.69. The minimum atomic E-state index is -4.37. The molecule has 1 aromatic carbocycles. The van der Waals surface area contributed by atoms with E-state index in [1.807, 2.05) is 31.2 Å². The van der Waals surface area contributed by atoms with Crippen LogP contribution in [0.5, 0.6) is 5.75 Å². The highest BCUT2D eigenvalue weighted by Gasteiger charge is 2.28. The van der Waals surface area contributed by atoms with Gasteiger partial charge in [-0.1, -0.05) is 17.7 Å². The molecule has 3 aromatic rings. The van der Waals surface area contributed by atoms with Gasteiger partial charge in [0.05, 0.1) is 6.21 Å². The largest absolute Gasteiger partial charge is 0.486 e. The first-order chi connectivity index (χ1) is 13.8. The predicted molar refractivity (Wildman–Crippen MR) is 97.6 cm³/mol. The van der Waals surface area contributed by atoms with Crippen LogP contribution in [0.1, 0.15) is 27.6 Å². The Hall–Kier alpha value is -3.56. The second-order valence-electron chi connectivity index (χ2n) is 6.12. The molecule has 10 heteroatoms. The van der Waals surface area contributed by atoms with Gasteiger partial charge in [0.1, 0.15) is 30.4 Å². The molecule has 7 nitrogen and oxygen atoms in total. The van der Waals surface area contributed by atoms with Crippen molar-refractivity contribution in [3.63, 3.8) is 0 Å². The number of carbonyl (C=O) groups excluding carboxylic acids is 1. The third kappa shape index (κ3) is 6.23. The summed E-state index contributed by atoms with van der Waals surface area (Å²) in [4.78, 5) is 12.0. The van der Waals surface area contributed by atoms with Gasteiger partial charge in [0.2, 0.25) is 0 Å². The summed E-state index contributed by atoms with van der Waals surface area (Å²) in [5.41, 5.74) is 3.50. The number of ether oxygens (including phenoxy) is 1. The van der Waals surface area contributed by atoms with Crippen LogP contribution in [-0.4, -0.2) is 28.1 Å². The fourth-order valence-electron chi connectivity index (χ4n) is 2.30. The highest BCUT2D eigenvalue weighted by atomic mass is 19.4. The number of hydrogen-bond donors (Lipinski definition) is 1. The molecular formula is C19H17F3N4O3. The molecule has 29 heavy (non-hydrogen) atoms. The number of alkyl halides is 3.